The van der Waals surface area contributed by atoms with E-state index < -0.39 is 5.97 Å². The first kappa shape index (κ1) is 13.9. The molecule has 20 heavy (non-hydrogen) atoms. The highest BCUT2D eigenvalue weighted by Crippen LogP contribution is 2.06. The van der Waals surface area contributed by atoms with Crippen molar-refractivity contribution >= 4 is 11.9 Å². The molecule has 104 valence electrons. The van der Waals surface area contributed by atoms with Crippen LogP contribution in [0.2, 0.25) is 0 Å². The Morgan fingerprint density at radius 2 is 2.05 bits per heavy atom. The highest BCUT2D eigenvalue weighted by molar-refractivity contribution is 5.92. The molecule has 0 bridgehead atoms. The summed E-state index contributed by atoms with van der Waals surface area (Å²) in [6.45, 7) is 2.99. The Balaban J connectivity index is 2.03. The van der Waals surface area contributed by atoms with E-state index in [1.165, 1.54) is 6.07 Å². The molecule has 5 nitrogen and oxygen atoms in total. The fraction of sp³-hybridized carbons (Fsp3) is 0.200. The van der Waals surface area contributed by atoms with Gasteiger partial charge in [0, 0.05) is 19.3 Å². The first-order chi connectivity index (χ1) is 9.61. The average molecular weight is 272 g/mol. The lowest BCUT2D eigenvalue weighted by Gasteiger charge is -2.08. The SMILES string of the molecule is CCn1cccc1C(=O)NCc1cccc(C(=O)O)c1. The first-order valence-electron chi connectivity index (χ1n) is 6.37. The summed E-state index contributed by atoms with van der Waals surface area (Å²) in [5.41, 5.74) is 1.57. The van der Waals surface area contributed by atoms with Gasteiger partial charge in [-0.15, -0.1) is 0 Å². The van der Waals surface area contributed by atoms with Crippen LogP contribution in [-0.4, -0.2) is 21.6 Å². The maximum absolute atomic E-state index is 12.0. The molecule has 0 aliphatic rings. The highest BCUT2D eigenvalue weighted by atomic mass is 16.4. The number of hydrogen-bond donors (Lipinski definition) is 2. The number of aryl methyl sites for hydroxylation is 1. The third kappa shape index (κ3) is 3.06. The van der Waals surface area contributed by atoms with E-state index in [4.69, 9.17) is 5.11 Å². The monoisotopic (exact) mass is 272 g/mol. The molecule has 1 amide bonds. The Kier molecular flexibility index (Phi) is 4.20. The molecule has 0 unspecified atom stereocenters. The lowest BCUT2D eigenvalue weighted by Crippen LogP contribution is -2.25. The van der Waals surface area contributed by atoms with Gasteiger partial charge in [-0.05, 0) is 36.8 Å². The van der Waals surface area contributed by atoms with Crippen molar-refractivity contribution in [1.82, 2.24) is 9.88 Å². The Labute approximate surface area is 116 Å². The predicted octanol–water partition coefficient (Wildman–Crippen LogP) is 2.14. The van der Waals surface area contributed by atoms with Crippen LogP contribution in [0.3, 0.4) is 0 Å². The molecule has 2 N–H and O–H groups in total. The van der Waals surface area contributed by atoms with E-state index in [9.17, 15) is 9.59 Å². The fourth-order valence-electron chi connectivity index (χ4n) is 1.98. The van der Waals surface area contributed by atoms with Crippen molar-refractivity contribution in [1.29, 1.82) is 0 Å². The normalized spacial score (nSPS) is 10.2. The molecule has 0 fully saturated rings. The molecule has 2 aromatic rings. The molecule has 0 saturated carbocycles. The number of nitrogens with zero attached hydrogens (tertiary/aromatic N) is 1. The number of rotatable bonds is 5. The summed E-state index contributed by atoms with van der Waals surface area (Å²) in [5.74, 6) is -1.14. The van der Waals surface area contributed by atoms with Crippen LogP contribution in [0.25, 0.3) is 0 Å². The van der Waals surface area contributed by atoms with Crippen LogP contribution in [-0.2, 0) is 13.1 Å². The lowest BCUT2D eigenvalue weighted by molar-refractivity contribution is 0.0696. The summed E-state index contributed by atoms with van der Waals surface area (Å²) in [4.78, 5) is 22.9. The average Bonchev–Trinajstić information content (AvgIpc) is 2.93. The van der Waals surface area contributed by atoms with Gasteiger partial charge in [0.25, 0.3) is 5.91 Å². The van der Waals surface area contributed by atoms with Crippen LogP contribution in [0, 0.1) is 0 Å². The van der Waals surface area contributed by atoms with Crippen LogP contribution < -0.4 is 5.32 Å². The van der Waals surface area contributed by atoms with Crippen molar-refractivity contribution in [3.63, 3.8) is 0 Å². The number of carboxylic acid groups (broad SMARTS) is 1. The molecule has 2 rings (SSSR count). The van der Waals surface area contributed by atoms with Gasteiger partial charge in [0.05, 0.1) is 5.56 Å². The number of aromatic carboxylic acids is 1. The first-order valence-corrected chi connectivity index (χ1v) is 6.37. The molecule has 0 spiro atoms. The van der Waals surface area contributed by atoms with E-state index in [1.54, 1.807) is 24.3 Å². The topological polar surface area (TPSA) is 71.3 Å². The van der Waals surface area contributed by atoms with E-state index >= 15 is 0 Å². The maximum Gasteiger partial charge on any atom is 0.335 e. The van der Waals surface area contributed by atoms with Crippen LogP contribution in [0.4, 0.5) is 0 Å². The highest BCUT2D eigenvalue weighted by Gasteiger charge is 2.10. The third-order valence-electron chi connectivity index (χ3n) is 3.03. The van der Waals surface area contributed by atoms with Crippen molar-refractivity contribution in [2.75, 3.05) is 0 Å². The van der Waals surface area contributed by atoms with Gasteiger partial charge in [0.1, 0.15) is 5.69 Å². The quantitative estimate of drug-likeness (QED) is 0.876. The minimum atomic E-state index is -0.974. The van der Waals surface area contributed by atoms with Gasteiger partial charge in [-0.3, -0.25) is 4.79 Å². The van der Waals surface area contributed by atoms with Crippen molar-refractivity contribution in [3.05, 3.63) is 59.4 Å². The summed E-state index contributed by atoms with van der Waals surface area (Å²) in [6, 6.07) is 10.1. The van der Waals surface area contributed by atoms with Gasteiger partial charge in [-0.1, -0.05) is 12.1 Å². The standard InChI is InChI=1S/C15H16N2O3/c1-2-17-8-4-7-13(17)14(18)16-10-11-5-3-6-12(9-11)15(19)20/h3-9H,2,10H2,1H3,(H,16,18)(H,19,20). The van der Waals surface area contributed by atoms with Crippen LogP contribution in [0.1, 0.15) is 33.3 Å². The zero-order chi connectivity index (χ0) is 14.5. The van der Waals surface area contributed by atoms with Gasteiger partial charge in [-0.25, -0.2) is 4.79 Å². The van der Waals surface area contributed by atoms with Crippen LogP contribution >= 0.6 is 0 Å². The predicted molar refractivity (Wildman–Crippen MR) is 74.7 cm³/mol. The number of benzene rings is 1. The number of nitrogens with one attached hydrogen (secondary N) is 1. The minimum absolute atomic E-state index is 0.169. The van der Waals surface area contributed by atoms with Gasteiger partial charge in [-0.2, -0.15) is 0 Å². The number of aromatic nitrogens is 1. The van der Waals surface area contributed by atoms with Crippen molar-refractivity contribution < 1.29 is 14.7 Å². The molecule has 1 aromatic carbocycles. The minimum Gasteiger partial charge on any atom is -0.478 e. The van der Waals surface area contributed by atoms with Crippen molar-refractivity contribution in [2.45, 2.75) is 20.0 Å². The number of amides is 1. The number of hydrogen-bond acceptors (Lipinski definition) is 2. The summed E-state index contributed by atoms with van der Waals surface area (Å²) < 4.78 is 1.85. The van der Waals surface area contributed by atoms with E-state index in [0.29, 0.717) is 12.2 Å². The number of carbonyl (C=O) groups excluding carboxylic acids is 1. The van der Waals surface area contributed by atoms with Crippen LogP contribution in [0.5, 0.6) is 0 Å². The number of carboxylic acids is 1. The summed E-state index contributed by atoms with van der Waals surface area (Å²) in [6.07, 6.45) is 1.85. The van der Waals surface area contributed by atoms with Crippen LogP contribution in [0.15, 0.2) is 42.6 Å². The lowest BCUT2D eigenvalue weighted by atomic mass is 10.1. The second kappa shape index (κ2) is 6.06. The molecule has 1 heterocycles. The van der Waals surface area contributed by atoms with Gasteiger partial charge >= 0.3 is 5.97 Å². The zero-order valence-electron chi connectivity index (χ0n) is 11.2. The van der Waals surface area contributed by atoms with E-state index in [-0.39, 0.29) is 11.5 Å². The van der Waals surface area contributed by atoms with E-state index in [1.807, 2.05) is 23.8 Å². The van der Waals surface area contributed by atoms with Gasteiger partial charge < -0.3 is 15.0 Å². The molecule has 0 atom stereocenters. The molecular formula is C15H16N2O3. The molecular weight excluding hydrogens is 256 g/mol. The van der Waals surface area contributed by atoms with Crippen molar-refractivity contribution in [3.8, 4) is 0 Å². The van der Waals surface area contributed by atoms with Crippen molar-refractivity contribution in [2.24, 2.45) is 0 Å². The molecule has 0 saturated heterocycles. The second-order valence-corrected chi connectivity index (χ2v) is 4.37. The van der Waals surface area contributed by atoms with Gasteiger partial charge in [0.2, 0.25) is 0 Å². The zero-order valence-corrected chi connectivity index (χ0v) is 11.2. The smallest absolute Gasteiger partial charge is 0.335 e. The molecule has 0 aliphatic carbocycles. The molecule has 0 radical (unpaired) electrons. The number of carbonyl (C=O) groups is 2. The molecule has 1 aromatic heterocycles. The molecule has 5 heteroatoms. The largest absolute Gasteiger partial charge is 0.478 e. The Bertz CT molecular complexity index is 632. The Morgan fingerprint density at radius 1 is 1.25 bits per heavy atom. The van der Waals surface area contributed by atoms with E-state index in [0.717, 1.165) is 12.1 Å². The third-order valence-corrected chi connectivity index (χ3v) is 3.03. The fourth-order valence-corrected chi connectivity index (χ4v) is 1.98. The summed E-state index contributed by atoms with van der Waals surface area (Å²) in [5, 5.41) is 11.7. The van der Waals surface area contributed by atoms with E-state index in [2.05, 4.69) is 5.32 Å². The maximum atomic E-state index is 12.0. The molecule has 0 aliphatic heterocycles. The Morgan fingerprint density at radius 3 is 2.75 bits per heavy atom. The summed E-state index contributed by atoms with van der Waals surface area (Å²) >= 11 is 0. The van der Waals surface area contributed by atoms with Gasteiger partial charge in [0.15, 0.2) is 0 Å². The summed E-state index contributed by atoms with van der Waals surface area (Å²) in [7, 11) is 0. The Hall–Kier alpha value is -2.56. The second-order valence-electron chi connectivity index (χ2n) is 4.37.